The predicted octanol–water partition coefficient (Wildman–Crippen LogP) is 1.01. The largest absolute Gasteiger partial charge is 0.409 e. The van der Waals surface area contributed by atoms with Gasteiger partial charge in [0.25, 0.3) is 0 Å². The van der Waals surface area contributed by atoms with E-state index in [1.54, 1.807) is 0 Å². The highest BCUT2D eigenvalue weighted by molar-refractivity contribution is 6.01. The summed E-state index contributed by atoms with van der Waals surface area (Å²) in [6, 6.07) is 4.30. The van der Waals surface area contributed by atoms with E-state index in [1.165, 1.54) is 0 Å². The molecule has 0 aliphatic carbocycles. The van der Waals surface area contributed by atoms with Crippen LogP contribution in [0.2, 0.25) is 0 Å². The van der Waals surface area contributed by atoms with Crippen molar-refractivity contribution in [3.63, 3.8) is 0 Å². The van der Waals surface area contributed by atoms with Crippen LogP contribution in [-0.2, 0) is 0 Å². The van der Waals surface area contributed by atoms with Crippen LogP contribution in [-0.4, -0.2) is 53.1 Å². The number of hydrogen-bond donors (Lipinski definition) is 2. The number of anilines is 1. The smallest absolute Gasteiger partial charge is 0.173 e. The highest BCUT2D eigenvalue weighted by atomic mass is 16.4. The van der Waals surface area contributed by atoms with Crippen molar-refractivity contribution in [2.45, 2.75) is 26.8 Å². The number of aromatic nitrogens is 1. The van der Waals surface area contributed by atoms with Gasteiger partial charge in [-0.2, -0.15) is 0 Å². The second-order valence-electron chi connectivity index (χ2n) is 5.43. The van der Waals surface area contributed by atoms with Crippen molar-refractivity contribution in [3.05, 3.63) is 23.4 Å². The van der Waals surface area contributed by atoms with Gasteiger partial charge in [0.2, 0.25) is 0 Å². The summed E-state index contributed by atoms with van der Waals surface area (Å²) in [4.78, 5) is 9.22. The third-order valence-corrected chi connectivity index (χ3v) is 3.74. The molecule has 1 fully saturated rings. The first-order valence-corrected chi connectivity index (χ1v) is 6.97. The molecular weight excluding hydrogens is 254 g/mol. The van der Waals surface area contributed by atoms with E-state index in [1.807, 2.05) is 19.1 Å². The van der Waals surface area contributed by atoms with E-state index in [2.05, 4.69) is 33.8 Å². The number of aryl methyl sites for hydroxylation is 1. The minimum atomic E-state index is 0.110. The molecular formula is C14H23N5O. The molecule has 0 radical (unpaired) electrons. The lowest BCUT2D eigenvalue weighted by Gasteiger charge is -2.38. The highest BCUT2D eigenvalue weighted by Gasteiger charge is 2.22. The van der Waals surface area contributed by atoms with Gasteiger partial charge in [-0.15, -0.1) is 0 Å². The first kappa shape index (κ1) is 14.6. The molecule has 0 bridgehead atoms. The number of pyridine rings is 1. The molecule has 1 aliphatic rings. The van der Waals surface area contributed by atoms with Crippen LogP contribution >= 0.6 is 0 Å². The van der Waals surface area contributed by atoms with E-state index in [9.17, 15) is 0 Å². The minimum absolute atomic E-state index is 0.110. The van der Waals surface area contributed by atoms with Crippen molar-refractivity contribution in [1.29, 1.82) is 0 Å². The van der Waals surface area contributed by atoms with E-state index >= 15 is 0 Å². The lowest BCUT2D eigenvalue weighted by atomic mass is 10.1. The fraction of sp³-hybridized carbons (Fsp3) is 0.571. The summed E-state index contributed by atoms with van der Waals surface area (Å²) >= 11 is 0. The van der Waals surface area contributed by atoms with E-state index < -0.39 is 0 Å². The summed E-state index contributed by atoms with van der Waals surface area (Å²) in [5, 5.41) is 12.0. The number of piperazine rings is 1. The number of hydrogen-bond acceptors (Lipinski definition) is 5. The Balaban J connectivity index is 2.23. The number of rotatable bonds is 3. The van der Waals surface area contributed by atoms with Crippen LogP contribution in [0.25, 0.3) is 0 Å². The minimum Gasteiger partial charge on any atom is -0.409 e. The van der Waals surface area contributed by atoms with Crippen LogP contribution in [0.15, 0.2) is 17.3 Å². The topological polar surface area (TPSA) is 78.0 Å². The van der Waals surface area contributed by atoms with E-state index in [0.717, 1.165) is 37.7 Å². The third kappa shape index (κ3) is 3.01. The van der Waals surface area contributed by atoms with Crippen LogP contribution in [0, 0.1) is 6.92 Å². The van der Waals surface area contributed by atoms with Crippen LogP contribution in [0.4, 0.5) is 5.82 Å². The van der Waals surface area contributed by atoms with E-state index in [-0.39, 0.29) is 5.84 Å². The van der Waals surface area contributed by atoms with Gasteiger partial charge in [-0.05, 0) is 32.9 Å². The molecule has 0 unspecified atom stereocenters. The van der Waals surface area contributed by atoms with Crippen molar-refractivity contribution >= 4 is 11.7 Å². The zero-order valence-electron chi connectivity index (χ0n) is 12.4. The van der Waals surface area contributed by atoms with Gasteiger partial charge in [-0.1, -0.05) is 5.16 Å². The summed E-state index contributed by atoms with van der Waals surface area (Å²) in [6.07, 6.45) is 0. The van der Waals surface area contributed by atoms with Gasteiger partial charge in [-0.25, -0.2) is 4.98 Å². The van der Waals surface area contributed by atoms with Crippen LogP contribution < -0.4 is 10.6 Å². The maximum Gasteiger partial charge on any atom is 0.173 e. The predicted molar refractivity (Wildman–Crippen MR) is 80.4 cm³/mol. The van der Waals surface area contributed by atoms with Gasteiger partial charge in [0.15, 0.2) is 5.84 Å². The van der Waals surface area contributed by atoms with Gasteiger partial charge in [0, 0.05) is 37.9 Å². The molecule has 0 atom stereocenters. The number of nitrogens with zero attached hydrogens (tertiary/aromatic N) is 4. The fourth-order valence-electron chi connectivity index (χ4n) is 2.49. The molecule has 1 aliphatic heterocycles. The molecule has 6 nitrogen and oxygen atoms in total. The second kappa shape index (κ2) is 6.09. The molecule has 1 aromatic heterocycles. The Morgan fingerprint density at radius 1 is 1.30 bits per heavy atom. The number of nitrogens with two attached hydrogens (primary N) is 1. The van der Waals surface area contributed by atoms with Crippen LogP contribution in [0.5, 0.6) is 0 Å². The first-order valence-electron chi connectivity index (χ1n) is 6.97. The summed E-state index contributed by atoms with van der Waals surface area (Å²) < 4.78 is 0. The average molecular weight is 277 g/mol. The summed E-state index contributed by atoms with van der Waals surface area (Å²) in [6.45, 7) is 10.2. The molecule has 1 aromatic rings. The molecule has 2 rings (SSSR count). The maximum atomic E-state index is 8.90. The van der Waals surface area contributed by atoms with Gasteiger partial charge < -0.3 is 15.8 Å². The third-order valence-electron chi connectivity index (χ3n) is 3.74. The molecule has 0 saturated carbocycles. The Morgan fingerprint density at radius 3 is 2.50 bits per heavy atom. The molecule has 0 spiro atoms. The van der Waals surface area contributed by atoms with Gasteiger partial charge >= 0.3 is 0 Å². The van der Waals surface area contributed by atoms with Crippen molar-refractivity contribution in [2.24, 2.45) is 10.9 Å². The van der Waals surface area contributed by atoms with Crippen molar-refractivity contribution in [2.75, 3.05) is 31.1 Å². The van der Waals surface area contributed by atoms with E-state index in [4.69, 9.17) is 10.9 Å². The quantitative estimate of drug-likeness (QED) is 0.373. The molecule has 20 heavy (non-hydrogen) atoms. The number of oxime groups is 1. The molecule has 2 heterocycles. The molecule has 3 N–H and O–H groups in total. The molecule has 6 heteroatoms. The van der Waals surface area contributed by atoms with E-state index in [0.29, 0.717) is 11.6 Å². The zero-order valence-corrected chi connectivity index (χ0v) is 12.4. The van der Waals surface area contributed by atoms with Crippen molar-refractivity contribution < 1.29 is 5.21 Å². The maximum absolute atomic E-state index is 8.90. The van der Waals surface area contributed by atoms with Crippen molar-refractivity contribution in [1.82, 2.24) is 9.88 Å². The Morgan fingerprint density at radius 2 is 1.95 bits per heavy atom. The Labute approximate surface area is 119 Å². The monoisotopic (exact) mass is 277 g/mol. The average Bonchev–Trinajstić information content (AvgIpc) is 2.46. The first-order chi connectivity index (χ1) is 9.52. The molecule has 0 amide bonds. The van der Waals surface area contributed by atoms with Gasteiger partial charge in [0.05, 0.1) is 5.56 Å². The summed E-state index contributed by atoms with van der Waals surface area (Å²) in [5.74, 6) is 0.919. The summed E-state index contributed by atoms with van der Waals surface area (Å²) in [5.41, 5.74) is 7.37. The lowest BCUT2D eigenvalue weighted by Crippen LogP contribution is -2.49. The molecule has 1 saturated heterocycles. The zero-order chi connectivity index (χ0) is 14.7. The summed E-state index contributed by atoms with van der Waals surface area (Å²) in [7, 11) is 0. The SMILES string of the molecule is Cc1ccc(C(N)=NO)c(N2CCN(C(C)C)CC2)n1. The van der Waals surface area contributed by atoms with Crippen molar-refractivity contribution in [3.8, 4) is 0 Å². The van der Waals surface area contributed by atoms with Crippen LogP contribution in [0.1, 0.15) is 25.1 Å². The number of amidine groups is 1. The second-order valence-corrected chi connectivity index (χ2v) is 5.43. The van der Waals surface area contributed by atoms with Crippen LogP contribution in [0.3, 0.4) is 0 Å². The lowest BCUT2D eigenvalue weighted by molar-refractivity contribution is 0.209. The standard InChI is InChI=1S/C14H23N5O/c1-10(2)18-6-8-19(9-7-18)14-12(13(15)17-20)5-4-11(3)16-14/h4-5,10,20H,6-9H2,1-3H3,(H2,15,17). The Bertz CT molecular complexity index is 492. The molecule has 110 valence electrons. The highest BCUT2D eigenvalue weighted by Crippen LogP contribution is 2.20. The normalized spacial score (nSPS) is 17.8. The van der Waals surface area contributed by atoms with Gasteiger partial charge in [-0.3, -0.25) is 4.90 Å². The molecule has 0 aromatic carbocycles. The Kier molecular flexibility index (Phi) is 4.44. The van der Waals surface area contributed by atoms with Gasteiger partial charge in [0.1, 0.15) is 5.82 Å². The Hall–Kier alpha value is -1.82. The fourth-order valence-corrected chi connectivity index (χ4v) is 2.49.